The molecule has 0 saturated heterocycles. The van der Waals surface area contributed by atoms with Crippen LogP contribution in [0.25, 0.3) is 11.1 Å². The number of aromatic amines is 1. The van der Waals surface area contributed by atoms with Crippen molar-refractivity contribution in [1.82, 2.24) is 20.5 Å². The Balaban J connectivity index is 1.45. The number of carbonyl (C=O) groups is 1. The van der Waals surface area contributed by atoms with E-state index in [1.807, 2.05) is 30.3 Å². The summed E-state index contributed by atoms with van der Waals surface area (Å²) in [4.78, 5) is 16.7. The van der Waals surface area contributed by atoms with Crippen molar-refractivity contribution in [3.8, 4) is 16.9 Å². The van der Waals surface area contributed by atoms with Gasteiger partial charge in [0.1, 0.15) is 5.75 Å². The lowest BCUT2D eigenvalue weighted by atomic mass is 10.0. The van der Waals surface area contributed by atoms with Crippen molar-refractivity contribution in [3.63, 3.8) is 0 Å². The van der Waals surface area contributed by atoms with E-state index >= 15 is 0 Å². The number of carbonyl (C=O) groups excluding carboxylic acids is 1. The molecule has 1 amide bonds. The molecule has 1 aromatic carbocycles. The van der Waals surface area contributed by atoms with Gasteiger partial charge in [0.2, 0.25) is 0 Å². The van der Waals surface area contributed by atoms with Crippen LogP contribution in [0.4, 0.5) is 0 Å². The van der Waals surface area contributed by atoms with Crippen LogP contribution in [-0.4, -0.2) is 28.2 Å². The van der Waals surface area contributed by atoms with Crippen LogP contribution in [0, 0.1) is 0 Å². The number of ether oxygens (including phenoxy) is 1. The average Bonchev–Trinajstić information content (AvgIpc) is 3.44. The maximum atomic E-state index is 12.5. The highest BCUT2D eigenvalue weighted by Crippen LogP contribution is 2.38. The summed E-state index contributed by atoms with van der Waals surface area (Å²) >= 11 is 0. The van der Waals surface area contributed by atoms with Gasteiger partial charge in [-0.25, -0.2) is 0 Å². The molecule has 0 radical (unpaired) electrons. The third-order valence-corrected chi connectivity index (χ3v) is 4.49. The molecule has 1 fully saturated rings. The van der Waals surface area contributed by atoms with Crippen molar-refractivity contribution in [2.75, 3.05) is 7.11 Å². The molecule has 0 bridgehead atoms. The van der Waals surface area contributed by atoms with Gasteiger partial charge in [-0.2, -0.15) is 5.10 Å². The standard InChI is InChI=1S/C20H20N4O2/c1-26-18-8-16(10-21-12-18)14-3-2-4-15(7-14)20(25)22-11-17-9-19(24-23-17)13-5-6-13/h2-4,7-10,12-13H,5-6,11H2,1H3,(H,22,25)(H,23,24). The SMILES string of the molecule is COc1cncc(-c2cccc(C(=O)NCc3cc(C4CC4)n[nH]3)c2)c1. The molecule has 1 aliphatic carbocycles. The Bertz CT molecular complexity index is 931. The zero-order valence-electron chi connectivity index (χ0n) is 14.5. The molecule has 132 valence electrons. The fourth-order valence-electron chi connectivity index (χ4n) is 2.86. The highest BCUT2D eigenvalue weighted by Gasteiger charge is 2.26. The van der Waals surface area contributed by atoms with E-state index < -0.39 is 0 Å². The van der Waals surface area contributed by atoms with Gasteiger partial charge in [0, 0.05) is 23.2 Å². The molecule has 2 aromatic heterocycles. The molecule has 6 nitrogen and oxygen atoms in total. The van der Waals surface area contributed by atoms with Gasteiger partial charge in [-0.1, -0.05) is 12.1 Å². The number of pyridine rings is 1. The van der Waals surface area contributed by atoms with Gasteiger partial charge in [-0.3, -0.25) is 14.9 Å². The van der Waals surface area contributed by atoms with Crippen LogP contribution in [0.3, 0.4) is 0 Å². The molecular formula is C20H20N4O2. The van der Waals surface area contributed by atoms with Gasteiger partial charge < -0.3 is 10.1 Å². The Kier molecular flexibility index (Phi) is 4.39. The minimum atomic E-state index is -0.120. The van der Waals surface area contributed by atoms with E-state index in [2.05, 4.69) is 20.5 Å². The first kappa shape index (κ1) is 16.3. The molecule has 4 rings (SSSR count). The average molecular weight is 348 g/mol. The molecule has 3 aromatic rings. The van der Waals surface area contributed by atoms with Crippen LogP contribution in [0.1, 0.15) is 40.5 Å². The van der Waals surface area contributed by atoms with E-state index in [0.29, 0.717) is 23.8 Å². The van der Waals surface area contributed by atoms with E-state index in [1.165, 1.54) is 12.8 Å². The highest BCUT2D eigenvalue weighted by molar-refractivity contribution is 5.95. The van der Waals surface area contributed by atoms with Gasteiger partial charge in [0.25, 0.3) is 5.91 Å². The molecular weight excluding hydrogens is 328 g/mol. The van der Waals surface area contributed by atoms with E-state index in [0.717, 1.165) is 22.5 Å². The Morgan fingerprint density at radius 2 is 2.12 bits per heavy atom. The van der Waals surface area contributed by atoms with Crippen molar-refractivity contribution in [2.24, 2.45) is 0 Å². The molecule has 1 aliphatic rings. The molecule has 0 aliphatic heterocycles. The Morgan fingerprint density at radius 3 is 2.92 bits per heavy atom. The maximum Gasteiger partial charge on any atom is 0.251 e. The van der Waals surface area contributed by atoms with Crippen molar-refractivity contribution in [3.05, 3.63) is 65.7 Å². The maximum absolute atomic E-state index is 12.5. The lowest BCUT2D eigenvalue weighted by molar-refractivity contribution is 0.0950. The van der Waals surface area contributed by atoms with Crippen LogP contribution < -0.4 is 10.1 Å². The summed E-state index contributed by atoms with van der Waals surface area (Å²) in [5.74, 6) is 1.16. The number of methoxy groups -OCH3 is 1. The smallest absolute Gasteiger partial charge is 0.251 e. The van der Waals surface area contributed by atoms with Gasteiger partial charge in [0.05, 0.1) is 31.2 Å². The molecule has 1 saturated carbocycles. The van der Waals surface area contributed by atoms with E-state index in [9.17, 15) is 4.79 Å². The summed E-state index contributed by atoms with van der Waals surface area (Å²) in [6.07, 6.45) is 5.83. The zero-order valence-corrected chi connectivity index (χ0v) is 14.5. The molecule has 6 heteroatoms. The Labute approximate surface area is 151 Å². The van der Waals surface area contributed by atoms with Gasteiger partial charge in [0.15, 0.2) is 0 Å². The number of nitrogens with one attached hydrogen (secondary N) is 2. The van der Waals surface area contributed by atoms with Crippen molar-refractivity contribution in [1.29, 1.82) is 0 Å². The quantitative estimate of drug-likeness (QED) is 0.716. The summed E-state index contributed by atoms with van der Waals surface area (Å²) in [5.41, 5.74) is 4.45. The summed E-state index contributed by atoms with van der Waals surface area (Å²) in [6.45, 7) is 0.434. The first-order valence-corrected chi connectivity index (χ1v) is 8.65. The minimum absolute atomic E-state index is 0.120. The van der Waals surface area contributed by atoms with E-state index in [4.69, 9.17) is 4.74 Å². The Morgan fingerprint density at radius 1 is 1.23 bits per heavy atom. The number of hydrogen-bond acceptors (Lipinski definition) is 4. The minimum Gasteiger partial charge on any atom is -0.495 e. The van der Waals surface area contributed by atoms with Crippen LogP contribution >= 0.6 is 0 Å². The normalized spacial score (nSPS) is 13.4. The summed E-state index contributed by atoms with van der Waals surface area (Å²) in [6, 6.07) is 11.4. The topological polar surface area (TPSA) is 79.9 Å². The predicted octanol–water partition coefficient (Wildman–Crippen LogP) is 3.29. The largest absolute Gasteiger partial charge is 0.495 e. The fraction of sp³-hybridized carbons (Fsp3) is 0.250. The second kappa shape index (κ2) is 7.00. The number of benzene rings is 1. The van der Waals surface area contributed by atoms with Crippen molar-refractivity contribution >= 4 is 5.91 Å². The second-order valence-electron chi connectivity index (χ2n) is 6.47. The van der Waals surface area contributed by atoms with Crippen molar-refractivity contribution < 1.29 is 9.53 Å². The molecule has 2 N–H and O–H groups in total. The predicted molar refractivity (Wildman–Crippen MR) is 98.0 cm³/mol. The lowest BCUT2D eigenvalue weighted by Gasteiger charge is -2.07. The van der Waals surface area contributed by atoms with Crippen LogP contribution in [-0.2, 0) is 6.54 Å². The molecule has 0 unspecified atom stereocenters. The van der Waals surface area contributed by atoms with Gasteiger partial charge in [-0.05, 0) is 42.7 Å². The van der Waals surface area contributed by atoms with Gasteiger partial charge >= 0.3 is 0 Å². The van der Waals surface area contributed by atoms with E-state index in [-0.39, 0.29) is 5.91 Å². The first-order chi connectivity index (χ1) is 12.7. The van der Waals surface area contributed by atoms with E-state index in [1.54, 1.807) is 25.6 Å². The molecule has 0 spiro atoms. The summed E-state index contributed by atoms with van der Waals surface area (Å²) < 4.78 is 5.21. The third kappa shape index (κ3) is 3.59. The van der Waals surface area contributed by atoms with Gasteiger partial charge in [-0.15, -0.1) is 0 Å². The lowest BCUT2D eigenvalue weighted by Crippen LogP contribution is -2.22. The number of rotatable bonds is 6. The molecule has 0 atom stereocenters. The molecule has 26 heavy (non-hydrogen) atoms. The number of amides is 1. The first-order valence-electron chi connectivity index (χ1n) is 8.65. The summed E-state index contributed by atoms with van der Waals surface area (Å²) in [5, 5.41) is 10.2. The number of hydrogen-bond donors (Lipinski definition) is 2. The zero-order chi connectivity index (χ0) is 17.9. The van der Waals surface area contributed by atoms with Crippen LogP contribution in [0.2, 0.25) is 0 Å². The number of aromatic nitrogens is 3. The number of H-pyrrole nitrogens is 1. The highest BCUT2D eigenvalue weighted by atomic mass is 16.5. The Hall–Kier alpha value is -3.15. The molecule has 2 heterocycles. The fourth-order valence-corrected chi connectivity index (χ4v) is 2.86. The van der Waals surface area contributed by atoms with Crippen LogP contribution in [0.5, 0.6) is 5.75 Å². The summed E-state index contributed by atoms with van der Waals surface area (Å²) in [7, 11) is 1.61. The second-order valence-corrected chi connectivity index (χ2v) is 6.47. The monoisotopic (exact) mass is 348 g/mol. The number of nitrogens with zero attached hydrogens (tertiary/aromatic N) is 2. The third-order valence-electron chi connectivity index (χ3n) is 4.49. The van der Waals surface area contributed by atoms with Crippen molar-refractivity contribution in [2.45, 2.75) is 25.3 Å². The van der Waals surface area contributed by atoms with Crippen LogP contribution in [0.15, 0.2) is 48.8 Å².